The minimum Gasteiger partial charge on any atom is -0.481 e. The highest BCUT2D eigenvalue weighted by atomic mass is 35.5. The van der Waals surface area contributed by atoms with Gasteiger partial charge in [-0.25, -0.2) is 9.07 Å². The second-order valence-electron chi connectivity index (χ2n) is 4.96. The van der Waals surface area contributed by atoms with Crippen LogP contribution in [0.4, 0.5) is 4.39 Å². The van der Waals surface area contributed by atoms with Crippen LogP contribution in [0, 0.1) is 5.82 Å². The number of hydrogen-bond donors (Lipinski definition) is 1. The van der Waals surface area contributed by atoms with Gasteiger partial charge in [0.1, 0.15) is 11.5 Å². The van der Waals surface area contributed by atoms with E-state index in [1.54, 1.807) is 48.7 Å². The van der Waals surface area contributed by atoms with E-state index >= 15 is 0 Å². The normalized spacial score (nSPS) is 10.7. The molecule has 1 aromatic heterocycles. The average molecular weight is 331 g/mol. The summed E-state index contributed by atoms with van der Waals surface area (Å²) in [4.78, 5) is 11.1. The molecule has 0 radical (unpaired) electrons. The van der Waals surface area contributed by atoms with Crippen molar-refractivity contribution in [2.24, 2.45) is 0 Å². The number of halogens is 2. The smallest absolute Gasteiger partial charge is 0.309 e. The van der Waals surface area contributed by atoms with Gasteiger partial charge in [0.2, 0.25) is 0 Å². The van der Waals surface area contributed by atoms with E-state index in [0.29, 0.717) is 16.3 Å². The van der Waals surface area contributed by atoms with Crippen molar-refractivity contribution >= 4 is 17.6 Å². The maximum Gasteiger partial charge on any atom is 0.309 e. The first-order valence-corrected chi connectivity index (χ1v) is 7.23. The molecule has 2 aromatic carbocycles. The molecule has 0 spiro atoms. The molecule has 0 saturated heterocycles. The molecule has 3 rings (SSSR count). The molecule has 0 atom stereocenters. The Kier molecular flexibility index (Phi) is 4.12. The summed E-state index contributed by atoms with van der Waals surface area (Å²) in [6.45, 7) is 0. The summed E-state index contributed by atoms with van der Waals surface area (Å²) >= 11 is 5.88. The third-order valence-electron chi connectivity index (χ3n) is 3.36. The van der Waals surface area contributed by atoms with Gasteiger partial charge in [-0.15, -0.1) is 0 Å². The van der Waals surface area contributed by atoms with Gasteiger partial charge in [-0.05, 0) is 29.8 Å². The van der Waals surface area contributed by atoms with Crippen LogP contribution in [0.15, 0.2) is 54.7 Å². The molecular formula is C17H12ClFN2O2. The molecule has 23 heavy (non-hydrogen) atoms. The van der Waals surface area contributed by atoms with E-state index in [1.807, 2.05) is 0 Å². The van der Waals surface area contributed by atoms with Gasteiger partial charge in [-0.2, -0.15) is 5.10 Å². The highest BCUT2D eigenvalue weighted by molar-refractivity contribution is 6.30. The Bertz CT molecular complexity index is 859. The molecule has 0 unspecified atom stereocenters. The number of nitrogens with zero attached hydrogens (tertiary/aromatic N) is 2. The van der Waals surface area contributed by atoms with Crippen molar-refractivity contribution in [3.05, 3.63) is 71.3 Å². The maximum atomic E-state index is 13.9. The van der Waals surface area contributed by atoms with Crippen LogP contribution in [0.25, 0.3) is 16.8 Å². The SMILES string of the molecule is O=C(O)Cc1nn(-c2ccccc2F)cc1-c1ccc(Cl)cc1. The van der Waals surface area contributed by atoms with E-state index < -0.39 is 11.8 Å². The Morgan fingerprint density at radius 3 is 2.52 bits per heavy atom. The zero-order chi connectivity index (χ0) is 16.4. The topological polar surface area (TPSA) is 55.1 Å². The summed E-state index contributed by atoms with van der Waals surface area (Å²) in [5, 5.41) is 13.9. The monoisotopic (exact) mass is 330 g/mol. The van der Waals surface area contributed by atoms with Gasteiger partial charge < -0.3 is 5.11 Å². The molecule has 0 aliphatic carbocycles. The minimum atomic E-state index is -1.00. The summed E-state index contributed by atoms with van der Waals surface area (Å²) < 4.78 is 15.3. The van der Waals surface area contributed by atoms with Crippen LogP contribution in [0.1, 0.15) is 5.69 Å². The Labute approximate surface area is 136 Å². The van der Waals surface area contributed by atoms with Crippen molar-refractivity contribution in [2.45, 2.75) is 6.42 Å². The zero-order valence-electron chi connectivity index (χ0n) is 11.9. The molecule has 116 valence electrons. The number of aliphatic carboxylic acids is 1. The van der Waals surface area contributed by atoms with Crippen molar-refractivity contribution in [1.82, 2.24) is 9.78 Å². The van der Waals surface area contributed by atoms with E-state index in [0.717, 1.165) is 5.56 Å². The lowest BCUT2D eigenvalue weighted by molar-refractivity contribution is -0.136. The van der Waals surface area contributed by atoms with E-state index in [2.05, 4.69) is 5.10 Å². The first-order chi connectivity index (χ1) is 11.0. The van der Waals surface area contributed by atoms with Crippen molar-refractivity contribution in [2.75, 3.05) is 0 Å². The lowest BCUT2D eigenvalue weighted by atomic mass is 10.1. The number of benzene rings is 2. The van der Waals surface area contributed by atoms with Crippen molar-refractivity contribution in [3.8, 4) is 16.8 Å². The van der Waals surface area contributed by atoms with Crippen LogP contribution in [0.5, 0.6) is 0 Å². The van der Waals surface area contributed by atoms with Crippen LogP contribution in [0.3, 0.4) is 0 Å². The minimum absolute atomic E-state index is 0.251. The fourth-order valence-electron chi connectivity index (χ4n) is 2.31. The van der Waals surface area contributed by atoms with Crippen molar-refractivity contribution < 1.29 is 14.3 Å². The first kappa shape index (κ1) is 15.2. The van der Waals surface area contributed by atoms with E-state index in [-0.39, 0.29) is 12.1 Å². The fourth-order valence-corrected chi connectivity index (χ4v) is 2.44. The van der Waals surface area contributed by atoms with Crippen LogP contribution in [-0.2, 0) is 11.2 Å². The number of rotatable bonds is 4. The van der Waals surface area contributed by atoms with Crippen LogP contribution in [-0.4, -0.2) is 20.9 Å². The molecule has 4 nitrogen and oxygen atoms in total. The summed E-state index contributed by atoms with van der Waals surface area (Å²) in [5.41, 5.74) is 2.03. The molecule has 0 aliphatic heterocycles. The van der Waals surface area contributed by atoms with Gasteiger partial charge in [0, 0.05) is 16.8 Å². The molecular weight excluding hydrogens is 319 g/mol. The van der Waals surface area contributed by atoms with Gasteiger partial charge in [0.25, 0.3) is 0 Å². The second kappa shape index (κ2) is 6.22. The quantitative estimate of drug-likeness (QED) is 0.787. The molecule has 0 bridgehead atoms. The number of hydrogen-bond acceptors (Lipinski definition) is 2. The molecule has 3 aromatic rings. The van der Waals surface area contributed by atoms with E-state index in [4.69, 9.17) is 16.7 Å². The number of aromatic nitrogens is 2. The Balaban J connectivity index is 2.12. The van der Waals surface area contributed by atoms with E-state index in [1.165, 1.54) is 10.7 Å². The predicted molar refractivity (Wildman–Crippen MR) is 85.3 cm³/mol. The Morgan fingerprint density at radius 1 is 1.17 bits per heavy atom. The van der Waals surface area contributed by atoms with Crippen molar-refractivity contribution in [3.63, 3.8) is 0 Å². The maximum absolute atomic E-state index is 13.9. The number of carboxylic acid groups (broad SMARTS) is 1. The number of para-hydroxylation sites is 1. The highest BCUT2D eigenvalue weighted by Crippen LogP contribution is 2.27. The summed E-state index contributed by atoms with van der Waals surface area (Å²) in [6.07, 6.45) is 1.37. The second-order valence-corrected chi connectivity index (χ2v) is 5.40. The zero-order valence-corrected chi connectivity index (χ0v) is 12.7. The molecule has 0 amide bonds. The largest absolute Gasteiger partial charge is 0.481 e. The van der Waals surface area contributed by atoms with Crippen LogP contribution in [0.2, 0.25) is 5.02 Å². The first-order valence-electron chi connectivity index (χ1n) is 6.86. The summed E-state index contributed by atoms with van der Waals surface area (Å²) in [7, 11) is 0. The van der Waals surface area contributed by atoms with Crippen LogP contribution >= 0.6 is 11.6 Å². The van der Waals surface area contributed by atoms with E-state index in [9.17, 15) is 9.18 Å². The summed E-state index contributed by atoms with van der Waals surface area (Å²) in [5.74, 6) is -1.43. The van der Waals surface area contributed by atoms with Gasteiger partial charge in [-0.1, -0.05) is 35.9 Å². The highest BCUT2D eigenvalue weighted by Gasteiger charge is 2.16. The van der Waals surface area contributed by atoms with Gasteiger partial charge in [-0.3, -0.25) is 4.79 Å². The third-order valence-corrected chi connectivity index (χ3v) is 3.62. The number of carboxylic acids is 1. The number of carbonyl (C=O) groups is 1. The Morgan fingerprint density at radius 2 is 1.87 bits per heavy atom. The summed E-state index contributed by atoms with van der Waals surface area (Å²) in [6, 6.07) is 13.2. The standard InChI is InChI=1S/C17H12ClFN2O2/c18-12-7-5-11(6-8-12)13-10-21(20-15(13)9-17(22)23)16-4-2-1-3-14(16)19/h1-8,10H,9H2,(H,22,23). The molecule has 1 heterocycles. The lowest BCUT2D eigenvalue weighted by Gasteiger charge is -2.01. The van der Waals surface area contributed by atoms with Gasteiger partial charge >= 0.3 is 5.97 Å². The lowest BCUT2D eigenvalue weighted by Crippen LogP contribution is -2.04. The van der Waals surface area contributed by atoms with Gasteiger partial charge in [0.05, 0.1) is 12.1 Å². The van der Waals surface area contributed by atoms with Gasteiger partial charge in [0.15, 0.2) is 0 Å². The Hall–Kier alpha value is -2.66. The molecule has 0 saturated carbocycles. The predicted octanol–water partition coefficient (Wildman–Crippen LogP) is 3.96. The average Bonchev–Trinajstić information content (AvgIpc) is 2.91. The fraction of sp³-hybridized carbons (Fsp3) is 0.0588. The van der Waals surface area contributed by atoms with Crippen molar-refractivity contribution in [1.29, 1.82) is 0 Å². The third kappa shape index (κ3) is 3.24. The molecule has 0 fully saturated rings. The molecule has 1 N–H and O–H groups in total. The molecule has 0 aliphatic rings. The van der Waals surface area contributed by atoms with Crippen LogP contribution < -0.4 is 0 Å². The molecule has 6 heteroatoms.